The van der Waals surface area contributed by atoms with E-state index in [4.69, 9.17) is 4.74 Å². The van der Waals surface area contributed by atoms with Gasteiger partial charge in [0.05, 0.1) is 6.10 Å². The highest BCUT2D eigenvalue weighted by atomic mass is 32.2. The maximum absolute atomic E-state index is 13.6. The van der Waals surface area contributed by atoms with Gasteiger partial charge in [-0.1, -0.05) is 32.4 Å². The summed E-state index contributed by atoms with van der Waals surface area (Å²) in [5.41, 5.74) is -2.04. The van der Waals surface area contributed by atoms with E-state index in [0.717, 1.165) is 5.57 Å². The van der Waals surface area contributed by atoms with E-state index in [2.05, 4.69) is 6.42 Å². The van der Waals surface area contributed by atoms with Gasteiger partial charge >= 0.3 is 5.97 Å². The molecule has 0 heterocycles. The van der Waals surface area contributed by atoms with E-state index in [1.165, 1.54) is 6.92 Å². The Morgan fingerprint density at radius 3 is 2.67 bits per heavy atom. The summed E-state index contributed by atoms with van der Waals surface area (Å²) in [4.78, 5) is 36.8. The number of esters is 1. The fourth-order valence-corrected chi connectivity index (χ4v) is 7.97. The lowest BCUT2D eigenvalue weighted by Gasteiger charge is -2.59. The van der Waals surface area contributed by atoms with Gasteiger partial charge in [-0.3, -0.25) is 14.4 Å². The normalized spacial score (nSPS) is 47.1. The van der Waals surface area contributed by atoms with Crippen LogP contribution in [0.1, 0.15) is 47.0 Å². The molecule has 0 aromatic carbocycles. The summed E-state index contributed by atoms with van der Waals surface area (Å²) in [5, 5.41) is 10.6. The number of aliphatic hydroxyl groups excluding tert-OH is 1. The highest BCUT2D eigenvalue weighted by Crippen LogP contribution is 2.69. The highest BCUT2D eigenvalue weighted by Gasteiger charge is 2.73. The van der Waals surface area contributed by atoms with Gasteiger partial charge in [-0.05, 0) is 49.7 Å². The number of hydrogen-bond donors (Lipinski definition) is 1. The van der Waals surface area contributed by atoms with Crippen molar-refractivity contribution >= 4 is 29.0 Å². The molecule has 0 saturated heterocycles. The summed E-state index contributed by atoms with van der Waals surface area (Å²) < 4.78 is 19.3. The maximum Gasteiger partial charge on any atom is 0.303 e. The molecule has 5 nitrogen and oxygen atoms in total. The minimum atomic E-state index is -1.61. The SMILES string of the molecule is CC(=O)O[C@]1(C(=O)SF)[C@H](C)CC2C3C[CH]C4=CC(=O)C=C[C@]4(C)[C@H]3[C@@H](O)C[C@@]21C. The largest absolute Gasteiger partial charge is 0.449 e. The zero-order valence-corrected chi connectivity index (χ0v) is 18.5. The molecule has 0 amide bonds. The molecule has 1 N–H and O–H groups in total. The van der Waals surface area contributed by atoms with Crippen molar-refractivity contribution in [1.29, 1.82) is 0 Å². The molecular weight excluding hydrogens is 407 g/mol. The van der Waals surface area contributed by atoms with Gasteiger partial charge in [0.1, 0.15) is 12.1 Å². The Labute approximate surface area is 180 Å². The Kier molecular flexibility index (Phi) is 5.09. The molecule has 4 aliphatic rings. The molecule has 0 bridgehead atoms. The molecule has 7 heteroatoms. The van der Waals surface area contributed by atoms with E-state index in [9.17, 15) is 23.4 Å². The van der Waals surface area contributed by atoms with Gasteiger partial charge in [0.15, 0.2) is 11.4 Å². The van der Waals surface area contributed by atoms with Crippen LogP contribution in [-0.4, -0.2) is 33.7 Å². The molecule has 2 unspecified atom stereocenters. The Hall–Kier alpha value is -1.47. The number of aliphatic hydroxyl groups is 1. The first-order valence-electron chi connectivity index (χ1n) is 10.5. The standard InChI is InChI=1S/C23H28FO5S/c1-12-9-17-16-6-5-14-10-15(26)7-8-21(14,3)19(16)18(27)11-22(17,4)23(12,20(28)30-24)29-13(2)25/h5,7-8,10,12,16-19,27H,6,9,11H2,1-4H3/t12-,16?,17?,18+,19-,21+,22+,23+/m1/s1. The van der Waals surface area contributed by atoms with E-state index in [-0.39, 0.29) is 35.9 Å². The third-order valence-electron chi connectivity index (χ3n) is 8.49. The average molecular weight is 436 g/mol. The van der Waals surface area contributed by atoms with Crippen LogP contribution in [0.15, 0.2) is 23.8 Å². The number of halogens is 1. The van der Waals surface area contributed by atoms with Crippen LogP contribution in [0.25, 0.3) is 0 Å². The Bertz CT molecular complexity index is 868. The third-order valence-corrected chi connectivity index (χ3v) is 8.93. The van der Waals surface area contributed by atoms with Crippen molar-refractivity contribution < 1.29 is 28.1 Å². The van der Waals surface area contributed by atoms with Crippen molar-refractivity contribution in [2.24, 2.45) is 34.5 Å². The van der Waals surface area contributed by atoms with E-state index < -0.39 is 45.8 Å². The van der Waals surface area contributed by atoms with Crippen molar-refractivity contribution in [2.75, 3.05) is 0 Å². The average Bonchev–Trinajstić information content (AvgIpc) is 2.88. The first-order chi connectivity index (χ1) is 14.0. The van der Waals surface area contributed by atoms with Crippen LogP contribution in [0.4, 0.5) is 3.89 Å². The topological polar surface area (TPSA) is 80.7 Å². The fourth-order valence-electron chi connectivity index (χ4n) is 7.38. The first-order valence-corrected chi connectivity index (χ1v) is 11.2. The molecule has 0 aromatic rings. The smallest absolute Gasteiger partial charge is 0.303 e. The summed E-state index contributed by atoms with van der Waals surface area (Å²) in [6.07, 6.45) is 7.86. The molecular formula is C23H28FO5S. The molecule has 3 saturated carbocycles. The van der Waals surface area contributed by atoms with Gasteiger partial charge in [-0.2, -0.15) is 3.89 Å². The molecule has 0 aliphatic heterocycles. The molecule has 3 fully saturated rings. The van der Waals surface area contributed by atoms with Crippen LogP contribution >= 0.6 is 12.1 Å². The van der Waals surface area contributed by atoms with Crippen molar-refractivity contribution in [2.45, 2.75) is 58.7 Å². The summed E-state index contributed by atoms with van der Waals surface area (Å²) in [7, 11) is 0. The lowest BCUT2D eigenvalue weighted by atomic mass is 9.46. The highest BCUT2D eigenvalue weighted by molar-refractivity contribution is 8.09. The molecule has 1 radical (unpaired) electrons. The molecule has 4 rings (SSSR count). The zero-order chi connectivity index (χ0) is 22.1. The monoisotopic (exact) mass is 435 g/mol. The van der Waals surface area contributed by atoms with Crippen molar-refractivity contribution in [3.05, 3.63) is 30.2 Å². The number of rotatable bonds is 2. The summed E-state index contributed by atoms with van der Waals surface area (Å²) in [5.74, 6) is -1.19. The molecule has 8 atom stereocenters. The van der Waals surface area contributed by atoms with Gasteiger partial charge in [-0.25, -0.2) is 0 Å². The van der Waals surface area contributed by atoms with Gasteiger partial charge in [0.2, 0.25) is 0 Å². The number of hydrogen-bond acceptors (Lipinski definition) is 6. The van der Waals surface area contributed by atoms with Crippen molar-refractivity contribution in [3.8, 4) is 0 Å². The maximum atomic E-state index is 13.6. The van der Waals surface area contributed by atoms with Crippen LogP contribution in [0, 0.1) is 40.9 Å². The van der Waals surface area contributed by atoms with Crippen molar-refractivity contribution in [3.63, 3.8) is 0 Å². The molecule has 4 aliphatic carbocycles. The van der Waals surface area contributed by atoms with Crippen LogP contribution < -0.4 is 0 Å². The van der Waals surface area contributed by atoms with Crippen LogP contribution in [-0.2, 0) is 19.1 Å². The van der Waals surface area contributed by atoms with E-state index in [1.54, 1.807) is 12.2 Å². The Balaban J connectivity index is 1.81. The van der Waals surface area contributed by atoms with Crippen LogP contribution in [0.2, 0.25) is 0 Å². The summed E-state index contributed by atoms with van der Waals surface area (Å²) in [6.45, 7) is 6.98. The lowest BCUT2D eigenvalue weighted by molar-refractivity contribution is -0.197. The fraction of sp³-hybridized carbons (Fsp3) is 0.652. The van der Waals surface area contributed by atoms with Crippen LogP contribution in [0.5, 0.6) is 0 Å². The number of allylic oxidation sites excluding steroid dienone is 4. The first kappa shape index (κ1) is 21.8. The van der Waals surface area contributed by atoms with E-state index in [0.29, 0.717) is 12.8 Å². The molecule has 0 spiro atoms. The summed E-state index contributed by atoms with van der Waals surface area (Å²) in [6, 6.07) is 0. The zero-order valence-electron chi connectivity index (χ0n) is 17.7. The van der Waals surface area contributed by atoms with E-state index >= 15 is 0 Å². The van der Waals surface area contributed by atoms with Gasteiger partial charge in [0, 0.05) is 29.6 Å². The minimum Gasteiger partial charge on any atom is -0.449 e. The number of fused-ring (bicyclic) bond motifs is 5. The predicted octanol–water partition coefficient (Wildman–Crippen LogP) is 3.77. The van der Waals surface area contributed by atoms with E-state index in [1.807, 2.05) is 26.8 Å². The van der Waals surface area contributed by atoms with Crippen LogP contribution in [0.3, 0.4) is 0 Å². The van der Waals surface area contributed by atoms with Gasteiger partial charge < -0.3 is 9.84 Å². The number of ketones is 1. The van der Waals surface area contributed by atoms with Crippen molar-refractivity contribution in [1.82, 2.24) is 0 Å². The number of carbonyl (C=O) groups is 3. The quantitative estimate of drug-likeness (QED) is 0.665. The number of ether oxygens (including phenoxy) is 1. The second-order valence-corrected chi connectivity index (χ2v) is 10.4. The number of carbonyl (C=O) groups excluding carboxylic acids is 3. The Morgan fingerprint density at radius 1 is 1.33 bits per heavy atom. The second kappa shape index (κ2) is 7.02. The predicted molar refractivity (Wildman–Crippen MR) is 110 cm³/mol. The Morgan fingerprint density at radius 2 is 2.03 bits per heavy atom. The summed E-state index contributed by atoms with van der Waals surface area (Å²) >= 11 is -0.394. The van der Waals surface area contributed by atoms with Gasteiger partial charge in [0.25, 0.3) is 5.12 Å². The second-order valence-electron chi connectivity index (χ2n) is 9.87. The molecule has 0 aromatic heterocycles. The minimum absolute atomic E-state index is 0.0241. The lowest BCUT2D eigenvalue weighted by Crippen LogP contribution is -2.63. The molecule has 163 valence electrons. The van der Waals surface area contributed by atoms with Gasteiger partial charge in [-0.15, -0.1) is 0 Å². The third kappa shape index (κ3) is 2.67. The molecule has 30 heavy (non-hydrogen) atoms.